The van der Waals surface area contributed by atoms with Gasteiger partial charge in [-0.3, -0.25) is 0 Å². The Morgan fingerprint density at radius 3 is 2.63 bits per heavy atom. The van der Waals surface area contributed by atoms with E-state index in [2.05, 4.69) is 10.1 Å². The van der Waals surface area contributed by atoms with Crippen LogP contribution in [0.5, 0.6) is 5.88 Å². The Balaban J connectivity index is 2.69. The van der Waals surface area contributed by atoms with Crippen molar-refractivity contribution in [2.45, 2.75) is 33.3 Å². The maximum Gasteiger partial charge on any atom is 0.224 e. The normalized spacial score (nSPS) is 12.5. The van der Waals surface area contributed by atoms with Crippen molar-refractivity contribution >= 4 is 5.84 Å². The standard InChI is InChI=1S/C13H21N3O3/c1-9-5-6-10(11(14)16-17)12(15-9)18-7-8-19-13(2,3)4/h5-6,17H,7-8H2,1-4H3,(H2,14,16). The summed E-state index contributed by atoms with van der Waals surface area (Å²) in [4.78, 5) is 4.23. The number of aryl methyl sites for hydroxylation is 1. The molecule has 1 heterocycles. The van der Waals surface area contributed by atoms with Crippen LogP contribution < -0.4 is 10.5 Å². The summed E-state index contributed by atoms with van der Waals surface area (Å²) in [5.41, 5.74) is 6.61. The maximum atomic E-state index is 8.72. The van der Waals surface area contributed by atoms with E-state index < -0.39 is 0 Å². The molecule has 0 aliphatic rings. The highest BCUT2D eigenvalue weighted by Gasteiger charge is 2.12. The Kier molecular flexibility index (Phi) is 5.11. The molecule has 3 N–H and O–H groups in total. The van der Waals surface area contributed by atoms with Crippen LogP contribution in [0.4, 0.5) is 0 Å². The van der Waals surface area contributed by atoms with Gasteiger partial charge in [0.25, 0.3) is 0 Å². The molecule has 0 saturated carbocycles. The largest absolute Gasteiger partial charge is 0.475 e. The van der Waals surface area contributed by atoms with Crippen molar-refractivity contribution in [1.82, 2.24) is 4.98 Å². The van der Waals surface area contributed by atoms with Crippen LogP contribution in [-0.2, 0) is 4.74 Å². The van der Waals surface area contributed by atoms with Crippen molar-refractivity contribution in [3.63, 3.8) is 0 Å². The van der Waals surface area contributed by atoms with Gasteiger partial charge in [-0.15, -0.1) is 0 Å². The first kappa shape index (κ1) is 15.2. The number of aromatic nitrogens is 1. The first-order chi connectivity index (χ1) is 8.83. The molecule has 0 aromatic carbocycles. The smallest absolute Gasteiger partial charge is 0.224 e. The molecule has 0 radical (unpaired) electrons. The van der Waals surface area contributed by atoms with Crippen molar-refractivity contribution < 1.29 is 14.7 Å². The van der Waals surface area contributed by atoms with Crippen molar-refractivity contribution in [1.29, 1.82) is 0 Å². The highest BCUT2D eigenvalue weighted by atomic mass is 16.5. The van der Waals surface area contributed by atoms with Crippen LogP contribution in [0.3, 0.4) is 0 Å². The lowest BCUT2D eigenvalue weighted by Gasteiger charge is -2.19. The van der Waals surface area contributed by atoms with Crippen LogP contribution in [0.15, 0.2) is 17.3 Å². The average molecular weight is 267 g/mol. The molecular formula is C13H21N3O3. The number of oxime groups is 1. The van der Waals surface area contributed by atoms with Gasteiger partial charge in [-0.05, 0) is 39.8 Å². The quantitative estimate of drug-likeness (QED) is 0.278. The van der Waals surface area contributed by atoms with Gasteiger partial charge < -0.3 is 20.4 Å². The molecule has 0 aliphatic carbocycles. The van der Waals surface area contributed by atoms with Gasteiger partial charge in [-0.1, -0.05) is 5.16 Å². The molecule has 1 aromatic heterocycles. The Bertz CT molecular complexity index is 453. The van der Waals surface area contributed by atoms with Crippen LogP contribution in [-0.4, -0.2) is 34.8 Å². The fourth-order valence-corrected chi connectivity index (χ4v) is 1.38. The Hall–Kier alpha value is -1.82. The summed E-state index contributed by atoms with van der Waals surface area (Å²) in [6, 6.07) is 3.48. The lowest BCUT2D eigenvalue weighted by molar-refractivity contribution is -0.0168. The molecule has 0 unspecified atom stereocenters. The summed E-state index contributed by atoms with van der Waals surface area (Å²) in [6.07, 6.45) is 0. The Morgan fingerprint density at radius 2 is 2.05 bits per heavy atom. The molecule has 0 aliphatic heterocycles. The van der Waals surface area contributed by atoms with Crippen LogP contribution >= 0.6 is 0 Å². The summed E-state index contributed by atoms with van der Waals surface area (Å²) in [7, 11) is 0. The van der Waals surface area contributed by atoms with E-state index in [1.165, 1.54) is 0 Å². The molecule has 0 spiro atoms. The zero-order valence-corrected chi connectivity index (χ0v) is 11.8. The number of hydrogen-bond donors (Lipinski definition) is 2. The summed E-state index contributed by atoms with van der Waals surface area (Å²) in [6.45, 7) is 8.54. The number of amidine groups is 1. The van der Waals surface area contributed by atoms with E-state index in [1.807, 2.05) is 27.7 Å². The van der Waals surface area contributed by atoms with Crippen molar-refractivity contribution in [2.75, 3.05) is 13.2 Å². The first-order valence-electron chi connectivity index (χ1n) is 6.06. The summed E-state index contributed by atoms with van der Waals surface area (Å²) in [5, 5.41) is 11.7. The van der Waals surface area contributed by atoms with E-state index in [1.54, 1.807) is 12.1 Å². The first-order valence-corrected chi connectivity index (χ1v) is 6.06. The molecule has 1 aromatic rings. The van der Waals surface area contributed by atoms with Gasteiger partial charge >= 0.3 is 0 Å². The third kappa shape index (κ3) is 5.13. The lowest BCUT2D eigenvalue weighted by Crippen LogP contribution is -2.23. The Morgan fingerprint density at radius 1 is 1.37 bits per heavy atom. The molecule has 1 rings (SSSR count). The minimum absolute atomic E-state index is 0.0285. The molecule has 6 heteroatoms. The second-order valence-electron chi connectivity index (χ2n) is 5.10. The van der Waals surface area contributed by atoms with Crippen molar-refractivity contribution in [3.05, 3.63) is 23.4 Å². The van der Waals surface area contributed by atoms with Crippen molar-refractivity contribution in [3.8, 4) is 5.88 Å². The summed E-state index contributed by atoms with van der Waals surface area (Å²) >= 11 is 0. The zero-order chi connectivity index (χ0) is 14.5. The Labute approximate surface area is 113 Å². The van der Waals surface area contributed by atoms with Gasteiger partial charge in [0.1, 0.15) is 6.61 Å². The van der Waals surface area contributed by atoms with Crippen LogP contribution in [0.1, 0.15) is 32.0 Å². The number of hydrogen-bond acceptors (Lipinski definition) is 5. The predicted molar refractivity (Wildman–Crippen MR) is 72.7 cm³/mol. The molecule has 0 bridgehead atoms. The van der Waals surface area contributed by atoms with Crippen molar-refractivity contribution in [2.24, 2.45) is 10.9 Å². The summed E-state index contributed by atoms with van der Waals surface area (Å²) < 4.78 is 11.1. The van der Waals surface area contributed by atoms with Crippen LogP contribution in [0, 0.1) is 6.92 Å². The third-order valence-corrected chi connectivity index (χ3v) is 2.24. The molecule has 0 amide bonds. The van der Waals surface area contributed by atoms with Gasteiger partial charge in [-0.25, -0.2) is 4.98 Å². The van der Waals surface area contributed by atoms with Gasteiger partial charge in [0, 0.05) is 5.69 Å². The van der Waals surface area contributed by atoms with E-state index in [-0.39, 0.29) is 11.4 Å². The third-order valence-electron chi connectivity index (χ3n) is 2.24. The molecule has 0 fully saturated rings. The number of nitrogens with two attached hydrogens (primary N) is 1. The average Bonchev–Trinajstić information content (AvgIpc) is 2.33. The van der Waals surface area contributed by atoms with Gasteiger partial charge in [-0.2, -0.15) is 0 Å². The molecule has 106 valence electrons. The maximum absolute atomic E-state index is 8.72. The highest BCUT2D eigenvalue weighted by Crippen LogP contribution is 2.16. The minimum atomic E-state index is -0.211. The fourth-order valence-electron chi connectivity index (χ4n) is 1.38. The van der Waals surface area contributed by atoms with Crippen LogP contribution in [0.25, 0.3) is 0 Å². The van der Waals surface area contributed by atoms with E-state index >= 15 is 0 Å². The highest BCUT2D eigenvalue weighted by molar-refractivity contribution is 5.99. The predicted octanol–water partition coefficient (Wildman–Crippen LogP) is 1.68. The number of pyridine rings is 1. The second kappa shape index (κ2) is 6.38. The van der Waals surface area contributed by atoms with E-state index in [9.17, 15) is 0 Å². The monoisotopic (exact) mass is 267 g/mol. The molecule has 0 saturated heterocycles. The molecule has 0 atom stereocenters. The van der Waals surface area contributed by atoms with E-state index in [0.717, 1.165) is 5.69 Å². The topological polar surface area (TPSA) is 90.0 Å². The molecular weight excluding hydrogens is 246 g/mol. The second-order valence-corrected chi connectivity index (χ2v) is 5.10. The number of nitrogens with zero attached hydrogens (tertiary/aromatic N) is 2. The van der Waals surface area contributed by atoms with Gasteiger partial charge in [0.2, 0.25) is 5.88 Å². The number of rotatable bonds is 5. The molecule has 6 nitrogen and oxygen atoms in total. The fraction of sp³-hybridized carbons (Fsp3) is 0.538. The minimum Gasteiger partial charge on any atom is -0.475 e. The SMILES string of the molecule is Cc1ccc(/C(N)=N/O)c(OCCOC(C)(C)C)n1. The number of ether oxygens (including phenoxy) is 2. The zero-order valence-electron chi connectivity index (χ0n) is 11.8. The summed E-state index contributed by atoms with van der Waals surface area (Å²) in [5.74, 6) is 0.312. The van der Waals surface area contributed by atoms with Crippen LogP contribution in [0.2, 0.25) is 0 Å². The van der Waals surface area contributed by atoms with E-state index in [0.29, 0.717) is 24.7 Å². The van der Waals surface area contributed by atoms with Gasteiger partial charge in [0.05, 0.1) is 17.8 Å². The van der Waals surface area contributed by atoms with E-state index in [4.69, 9.17) is 20.4 Å². The lowest BCUT2D eigenvalue weighted by atomic mass is 10.2. The molecule has 19 heavy (non-hydrogen) atoms. The van der Waals surface area contributed by atoms with Gasteiger partial charge in [0.15, 0.2) is 5.84 Å².